The van der Waals surface area contributed by atoms with E-state index in [1.165, 1.54) is 11.1 Å². The lowest BCUT2D eigenvalue weighted by atomic mass is 10.00. The van der Waals surface area contributed by atoms with Crippen molar-refractivity contribution in [1.82, 2.24) is 5.32 Å². The molecule has 4 nitrogen and oxygen atoms in total. The first-order valence-corrected chi connectivity index (χ1v) is 8.20. The lowest BCUT2D eigenvalue weighted by molar-refractivity contribution is -0.127. The quantitative estimate of drug-likeness (QED) is 0.821. The Balaban J connectivity index is 1.85. The summed E-state index contributed by atoms with van der Waals surface area (Å²) in [6.45, 7) is 6.37. The molecule has 24 heavy (non-hydrogen) atoms. The van der Waals surface area contributed by atoms with Crippen molar-refractivity contribution in [3.8, 4) is 5.75 Å². The van der Waals surface area contributed by atoms with Gasteiger partial charge in [-0.3, -0.25) is 4.79 Å². The molecule has 2 unspecified atom stereocenters. The Hall–Kier alpha value is -2.33. The summed E-state index contributed by atoms with van der Waals surface area (Å²) in [4.78, 5) is 12.2. The zero-order valence-electron chi connectivity index (χ0n) is 14.5. The summed E-state index contributed by atoms with van der Waals surface area (Å²) < 4.78 is 5.65. The van der Waals surface area contributed by atoms with E-state index in [2.05, 4.69) is 43.4 Å². The molecular formula is C20H25NO3. The fourth-order valence-electron chi connectivity index (χ4n) is 2.39. The largest absolute Gasteiger partial charge is 0.481 e. The lowest BCUT2D eigenvalue weighted by Crippen LogP contribution is -2.38. The molecule has 128 valence electrons. The Morgan fingerprint density at radius 3 is 2.54 bits per heavy atom. The van der Waals surface area contributed by atoms with Crippen LogP contribution in [0.2, 0.25) is 0 Å². The Kier molecular flexibility index (Phi) is 6.38. The molecule has 0 bridgehead atoms. The summed E-state index contributed by atoms with van der Waals surface area (Å²) in [5.41, 5.74) is 3.18. The number of aliphatic hydroxyl groups is 1. The summed E-state index contributed by atoms with van der Waals surface area (Å²) >= 11 is 0. The number of aryl methyl sites for hydroxylation is 1. The van der Waals surface area contributed by atoms with Gasteiger partial charge in [0.1, 0.15) is 5.75 Å². The minimum absolute atomic E-state index is 0.0498. The average molecular weight is 327 g/mol. The van der Waals surface area contributed by atoms with Gasteiger partial charge in [0.05, 0.1) is 6.61 Å². The predicted octanol–water partition coefficient (Wildman–Crippen LogP) is 3.17. The first-order valence-electron chi connectivity index (χ1n) is 8.20. The van der Waals surface area contributed by atoms with E-state index >= 15 is 0 Å². The molecule has 0 aliphatic rings. The van der Waals surface area contributed by atoms with Crippen LogP contribution >= 0.6 is 0 Å². The maximum atomic E-state index is 12.2. The molecule has 2 rings (SSSR count). The van der Waals surface area contributed by atoms with Crippen LogP contribution < -0.4 is 10.1 Å². The Morgan fingerprint density at radius 2 is 1.88 bits per heavy atom. The second kappa shape index (κ2) is 8.50. The van der Waals surface area contributed by atoms with E-state index in [1.807, 2.05) is 0 Å². The fraction of sp³-hybridized carbons (Fsp3) is 0.350. The zero-order valence-corrected chi connectivity index (χ0v) is 14.5. The number of carbonyl (C=O) groups is 1. The Bertz CT molecular complexity index is 667. The Morgan fingerprint density at radius 1 is 1.17 bits per heavy atom. The molecule has 0 saturated carbocycles. The summed E-state index contributed by atoms with van der Waals surface area (Å²) in [5, 5.41) is 12.1. The maximum absolute atomic E-state index is 12.2. The van der Waals surface area contributed by atoms with Gasteiger partial charge in [0.15, 0.2) is 6.10 Å². The number of hydrogen-bond donors (Lipinski definition) is 2. The van der Waals surface area contributed by atoms with Gasteiger partial charge >= 0.3 is 0 Å². The molecule has 2 aromatic carbocycles. The highest BCUT2D eigenvalue weighted by molar-refractivity contribution is 5.80. The lowest BCUT2D eigenvalue weighted by Gasteiger charge is -2.18. The predicted molar refractivity (Wildman–Crippen MR) is 95.1 cm³/mol. The van der Waals surface area contributed by atoms with Crippen LogP contribution in [-0.2, 0) is 11.4 Å². The second-order valence-electron chi connectivity index (χ2n) is 6.12. The van der Waals surface area contributed by atoms with Gasteiger partial charge in [-0.1, -0.05) is 48.9 Å². The number of benzene rings is 2. The molecule has 0 fully saturated rings. The van der Waals surface area contributed by atoms with Gasteiger partial charge in [-0.25, -0.2) is 0 Å². The van der Waals surface area contributed by atoms with Crippen molar-refractivity contribution < 1.29 is 14.6 Å². The molecule has 0 aromatic heterocycles. The second-order valence-corrected chi connectivity index (χ2v) is 6.12. The van der Waals surface area contributed by atoms with E-state index in [4.69, 9.17) is 9.84 Å². The third-order valence-corrected chi connectivity index (χ3v) is 3.99. The number of amides is 1. The monoisotopic (exact) mass is 327 g/mol. The number of nitrogens with one attached hydrogen (secondary N) is 1. The summed E-state index contributed by atoms with van der Waals surface area (Å²) in [5.74, 6) is 0.665. The molecule has 0 aliphatic carbocycles. The normalized spacial score (nSPS) is 13.2. The van der Waals surface area contributed by atoms with Gasteiger partial charge in [0.25, 0.3) is 5.91 Å². The number of carbonyl (C=O) groups excluding carboxylic acids is 1. The van der Waals surface area contributed by atoms with Crippen LogP contribution in [0.3, 0.4) is 0 Å². The number of aliphatic hydroxyl groups excluding tert-OH is 1. The molecule has 0 radical (unpaired) electrons. The zero-order chi connectivity index (χ0) is 17.5. The van der Waals surface area contributed by atoms with E-state index in [0.29, 0.717) is 12.3 Å². The van der Waals surface area contributed by atoms with Gasteiger partial charge in [0.2, 0.25) is 0 Å². The van der Waals surface area contributed by atoms with Gasteiger partial charge in [-0.05, 0) is 43.0 Å². The van der Waals surface area contributed by atoms with Crippen molar-refractivity contribution in [2.24, 2.45) is 0 Å². The van der Waals surface area contributed by atoms with Crippen LogP contribution in [0.1, 0.15) is 36.5 Å². The minimum Gasteiger partial charge on any atom is -0.481 e. The molecular weight excluding hydrogens is 302 g/mol. The number of rotatable bonds is 7. The number of hydrogen-bond acceptors (Lipinski definition) is 3. The molecule has 0 spiro atoms. The van der Waals surface area contributed by atoms with E-state index in [-0.39, 0.29) is 18.4 Å². The average Bonchev–Trinajstić information content (AvgIpc) is 2.60. The third-order valence-electron chi connectivity index (χ3n) is 3.99. The molecule has 4 heteroatoms. The molecule has 0 saturated heterocycles. The van der Waals surface area contributed by atoms with Crippen molar-refractivity contribution in [3.63, 3.8) is 0 Å². The molecule has 2 aromatic rings. The fourth-order valence-corrected chi connectivity index (χ4v) is 2.39. The molecule has 1 amide bonds. The van der Waals surface area contributed by atoms with Gasteiger partial charge in [-0.15, -0.1) is 0 Å². The summed E-state index contributed by atoms with van der Waals surface area (Å²) in [6, 6.07) is 15.4. The molecule has 2 atom stereocenters. The summed E-state index contributed by atoms with van der Waals surface area (Å²) in [7, 11) is 0. The minimum atomic E-state index is -0.593. The van der Waals surface area contributed by atoms with E-state index in [9.17, 15) is 4.79 Å². The smallest absolute Gasteiger partial charge is 0.260 e. The maximum Gasteiger partial charge on any atom is 0.260 e. The van der Waals surface area contributed by atoms with Crippen molar-refractivity contribution >= 4 is 5.91 Å². The topological polar surface area (TPSA) is 58.6 Å². The van der Waals surface area contributed by atoms with Crippen LogP contribution in [0.15, 0.2) is 48.5 Å². The summed E-state index contributed by atoms with van der Waals surface area (Å²) in [6.07, 6.45) is -0.593. The van der Waals surface area contributed by atoms with E-state index < -0.39 is 6.10 Å². The van der Waals surface area contributed by atoms with Gasteiger partial charge in [0, 0.05) is 6.54 Å². The van der Waals surface area contributed by atoms with E-state index in [0.717, 1.165) is 5.56 Å². The van der Waals surface area contributed by atoms with Crippen molar-refractivity contribution in [1.29, 1.82) is 0 Å². The van der Waals surface area contributed by atoms with Crippen LogP contribution in [0.4, 0.5) is 0 Å². The molecule has 0 heterocycles. The van der Waals surface area contributed by atoms with Crippen LogP contribution in [0, 0.1) is 6.92 Å². The molecule has 0 aliphatic heterocycles. The van der Waals surface area contributed by atoms with Gasteiger partial charge < -0.3 is 15.2 Å². The van der Waals surface area contributed by atoms with Gasteiger partial charge in [-0.2, -0.15) is 0 Å². The first kappa shape index (κ1) is 18.0. The standard InChI is InChI=1S/C20H25NO3/c1-14-7-9-18(10-8-14)15(2)12-21-20(23)16(3)24-19-6-4-5-17(11-19)13-22/h4-11,15-16,22H,12-13H2,1-3H3,(H,21,23). The van der Waals surface area contributed by atoms with Crippen LogP contribution in [0.25, 0.3) is 0 Å². The Labute approximate surface area is 143 Å². The molecule has 2 N–H and O–H groups in total. The third kappa shape index (κ3) is 5.10. The highest BCUT2D eigenvalue weighted by Gasteiger charge is 2.16. The van der Waals surface area contributed by atoms with Crippen LogP contribution in [-0.4, -0.2) is 23.7 Å². The highest BCUT2D eigenvalue weighted by atomic mass is 16.5. The van der Waals surface area contributed by atoms with Crippen molar-refractivity contribution in [2.75, 3.05) is 6.54 Å². The first-order chi connectivity index (χ1) is 11.5. The SMILES string of the molecule is Cc1ccc(C(C)CNC(=O)C(C)Oc2cccc(CO)c2)cc1. The number of ether oxygens (including phenoxy) is 1. The van der Waals surface area contributed by atoms with E-state index in [1.54, 1.807) is 31.2 Å². The van der Waals surface area contributed by atoms with Crippen molar-refractivity contribution in [3.05, 3.63) is 65.2 Å². The van der Waals surface area contributed by atoms with Crippen LogP contribution in [0.5, 0.6) is 5.75 Å². The van der Waals surface area contributed by atoms with Crippen molar-refractivity contribution in [2.45, 2.75) is 39.4 Å². The highest BCUT2D eigenvalue weighted by Crippen LogP contribution is 2.16.